The molecule has 2 N–H and O–H groups in total. The molecular formula is C20H36IN3O3. The maximum atomic E-state index is 5.71. The van der Waals surface area contributed by atoms with Crippen molar-refractivity contribution in [1.29, 1.82) is 0 Å². The van der Waals surface area contributed by atoms with E-state index in [4.69, 9.17) is 14.2 Å². The lowest BCUT2D eigenvalue weighted by Crippen LogP contribution is -2.38. The molecule has 156 valence electrons. The van der Waals surface area contributed by atoms with Gasteiger partial charge in [-0.15, -0.1) is 24.0 Å². The number of hydrogen-bond donors (Lipinski definition) is 2. The van der Waals surface area contributed by atoms with Crippen LogP contribution >= 0.6 is 24.0 Å². The van der Waals surface area contributed by atoms with Crippen molar-refractivity contribution >= 4 is 29.9 Å². The summed E-state index contributed by atoms with van der Waals surface area (Å²) < 4.78 is 16.2. The van der Waals surface area contributed by atoms with Gasteiger partial charge in [0.25, 0.3) is 0 Å². The molecule has 0 aliphatic carbocycles. The van der Waals surface area contributed by atoms with Gasteiger partial charge in [0.15, 0.2) is 5.96 Å². The van der Waals surface area contributed by atoms with Gasteiger partial charge in [-0.1, -0.05) is 12.1 Å². The van der Waals surface area contributed by atoms with E-state index in [1.165, 1.54) is 0 Å². The standard InChI is InChI=1S/C20H35N3O3.HI/c1-4-21-20(22-13-6-7-15-25-5-2)23-14-8-16-26-17-18-9-11-19(24-3)12-10-18;/h9-12H,4-8,13-17H2,1-3H3,(H2,21,22,23);1H. The zero-order chi connectivity index (χ0) is 18.9. The predicted molar refractivity (Wildman–Crippen MR) is 122 cm³/mol. The van der Waals surface area contributed by atoms with Crippen LogP contribution in [0.25, 0.3) is 0 Å². The highest BCUT2D eigenvalue weighted by atomic mass is 127. The molecule has 0 atom stereocenters. The second-order valence-electron chi connectivity index (χ2n) is 5.85. The summed E-state index contributed by atoms with van der Waals surface area (Å²) >= 11 is 0. The molecule has 7 heteroatoms. The maximum Gasteiger partial charge on any atom is 0.191 e. The van der Waals surface area contributed by atoms with Gasteiger partial charge in [-0.3, -0.25) is 4.99 Å². The van der Waals surface area contributed by atoms with E-state index < -0.39 is 0 Å². The van der Waals surface area contributed by atoms with Crippen LogP contribution in [0.5, 0.6) is 5.75 Å². The number of nitrogens with zero attached hydrogens (tertiary/aromatic N) is 1. The van der Waals surface area contributed by atoms with E-state index in [0.29, 0.717) is 13.2 Å². The lowest BCUT2D eigenvalue weighted by Gasteiger charge is -2.11. The average molecular weight is 493 g/mol. The van der Waals surface area contributed by atoms with Crippen LogP contribution in [0.15, 0.2) is 29.3 Å². The summed E-state index contributed by atoms with van der Waals surface area (Å²) in [4.78, 5) is 4.58. The van der Waals surface area contributed by atoms with Crippen LogP contribution in [0.1, 0.15) is 38.7 Å². The summed E-state index contributed by atoms with van der Waals surface area (Å²) in [7, 11) is 1.67. The number of aliphatic imine (C=N–C) groups is 1. The molecular weight excluding hydrogens is 457 g/mol. The van der Waals surface area contributed by atoms with Gasteiger partial charge < -0.3 is 24.8 Å². The number of hydrogen-bond acceptors (Lipinski definition) is 4. The van der Waals surface area contributed by atoms with Crippen LogP contribution in [-0.2, 0) is 16.1 Å². The minimum atomic E-state index is 0. The Labute approximate surface area is 181 Å². The molecule has 0 heterocycles. The van der Waals surface area contributed by atoms with Gasteiger partial charge in [0.1, 0.15) is 5.75 Å². The molecule has 6 nitrogen and oxygen atoms in total. The highest BCUT2D eigenvalue weighted by molar-refractivity contribution is 14.0. The summed E-state index contributed by atoms with van der Waals surface area (Å²) in [5.41, 5.74) is 1.15. The lowest BCUT2D eigenvalue weighted by molar-refractivity contribution is 0.120. The van der Waals surface area contributed by atoms with Crippen LogP contribution in [0.4, 0.5) is 0 Å². The van der Waals surface area contributed by atoms with Gasteiger partial charge in [0.2, 0.25) is 0 Å². The molecule has 1 aromatic rings. The molecule has 1 aromatic carbocycles. The number of ether oxygens (including phenoxy) is 3. The fourth-order valence-electron chi connectivity index (χ4n) is 2.29. The summed E-state index contributed by atoms with van der Waals surface area (Å²) in [6.07, 6.45) is 3.05. The smallest absolute Gasteiger partial charge is 0.191 e. The van der Waals surface area contributed by atoms with Crippen molar-refractivity contribution in [3.63, 3.8) is 0 Å². The van der Waals surface area contributed by atoms with Crippen LogP contribution in [0, 0.1) is 0 Å². The second-order valence-corrected chi connectivity index (χ2v) is 5.85. The number of guanidine groups is 1. The Morgan fingerprint density at radius 2 is 1.70 bits per heavy atom. The first-order chi connectivity index (χ1) is 12.8. The van der Waals surface area contributed by atoms with Gasteiger partial charge in [-0.2, -0.15) is 0 Å². The molecule has 1 rings (SSSR count). The summed E-state index contributed by atoms with van der Waals surface area (Å²) in [5, 5.41) is 6.62. The number of rotatable bonds is 14. The molecule has 0 radical (unpaired) electrons. The molecule has 0 spiro atoms. The van der Waals surface area contributed by atoms with Gasteiger partial charge in [0, 0.05) is 39.5 Å². The van der Waals surface area contributed by atoms with E-state index >= 15 is 0 Å². The van der Waals surface area contributed by atoms with Gasteiger partial charge in [0.05, 0.1) is 13.7 Å². The van der Waals surface area contributed by atoms with E-state index in [9.17, 15) is 0 Å². The zero-order valence-electron chi connectivity index (χ0n) is 17.0. The SMILES string of the molecule is CCNC(=NCCCOCc1ccc(OC)cc1)NCCCCOCC.I. The van der Waals surface area contributed by atoms with Crippen molar-refractivity contribution in [2.24, 2.45) is 4.99 Å². The van der Waals surface area contributed by atoms with Gasteiger partial charge in [-0.25, -0.2) is 0 Å². The summed E-state index contributed by atoms with van der Waals surface area (Å²) in [6.45, 7) is 9.55. The number of methoxy groups -OCH3 is 1. The first kappa shape index (κ1) is 25.9. The van der Waals surface area contributed by atoms with Gasteiger partial charge >= 0.3 is 0 Å². The third kappa shape index (κ3) is 13.7. The molecule has 0 aliphatic rings. The molecule has 0 bridgehead atoms. The van der Waals surface area contributed by atoms with Crippen LogP contribution < -0.4 is 15.4 Å². The Morgan fingerprint density at radius 1 is 0.963 bits per heavy atom. The Hall–Kier alpha value is -1.06. The van der Waals surface area contributed by atoms with Crippen molar-refractivity contribution in [3.05, 3.63) is 29.8 Å². The third-order valence-electron chi connectivity index (χ3n) is 3.70. The second kappa shape index (κ2) is 18.3. The van der Waals surface area contributed by atoms with E-state index in [1.54, 1.807) is 7.11 Å². The van der Waals surface area contributed by atoms with E-state index in [-0.39, 0.29) is 24.0 Å². The number of benzene rings is 1. The topological polar surface area (TPSA) is 64.1 Å². The van der Waals surface area contributed by atoms with E-state index in [0.717, 1.165) is 69.4 Å². The van der Waals surface area contributed by atoms with Crippen molar-refractivity contribution in [2.45, 2.75) is 39.7 Å². The van der Waals surface area contributed by atoms with Crippen LogP contribution in [0.2, 0.25) is 0 Å². The first-order valence-electron chi connectivity index (χ1n) is 9.60. The largest absolute Gasteiger partial charge is 0.497 e. The quantitative estimate of drug-likeness (QED) is 0.180. The lowest BCUT2D eigenvalue weighted by atomic mass is 10.2. The normalized spacial score (nSPS) is 11.0. The van der Waals surface area contributed by atoms with Crippen LogP contribution in [-0.4, -0.2) is 52.5 Å². The van der Waals surface area contributed by atoms with Crippen LogP contribution in [0.3, 0.4) is 0 Å². The molecule has 0 saturated carbocycles. The van der Waals surface area contributed by atoms with Crippen molar-refractivity contribution < 1.29 is 14.2 Å². The fourth-order valence-corrected chi connectivity index (χ4v) is 2.29. The monoisotopic (exact) mass is 493 g/mol. The van der Waals surface area contributed by atoms with E-state index in [1.807, 2.05) is 31.2 Å². The fraction of sp³-hybridized carbons (Fsp3) is 0.650. The molecule has 0 saturated heterocycles. The Balaban J connectivity index is 0.00000676. The predicted octanol–water partition coefficient (Wildman–Crippen LogP) is 3.59. The van der Waals surface area contributed by atoms with Crippen molar-refractivity contribution in [3.8, 4) is 5.75 Å². The molecule has 0 unspecified atom stereocenters. The van der Waals surface area contributed by atoms with E-state index in [2.05, 4.69) is 22.5 Å². The summed E-state index contributed by atoms with van der Waals surface area (Å²) in [6, 6.07) is 7.95. The maximum absolute atomic E-state index is 5.71. The van der Waals surface area contributed by atoms with Crippen molar-refractivity contribution in [1.82, 2.24) is 10.6 Å². The first-order valence-corrected chi connectivity index (χ1v) is 9.60. The molecule has 27 heavy (non-hydrogen) atoms. The Kier molecular flexibility index (Phi) is 17.6. The number of unbranched alkanes of at least 4 members (excludes halogenated alkanes) is 1. The van der Waals surface area contributed by atoms with Gasteiger partial charge in [-0.05, 0) is 50.8 Å². The Bertz CT molecular complexity index is 484. The number of nitrogens with one attached hydrogen (secondary N) is 2. The minimum absolute atomic E-state index is 0. The Morgan fingerprint density at radius 3 is 2.37 bits per heavy atom. The minimum Gasteiger partial charge on any atom is -0.497 e. The number of halogens is 1. The molecule has 0 aromatic heterocycles. The molecule has 0 fully saturated rings. The summed E-state index contributed by atoms with van der Waals surface area (Å²) in [5.74, 6) is 1.74. The van der Waals surface area contributed by atoms with Crippen molar-refractivity contribution in [2.75, 3.05) is 46.6 Å². The average Bonchev–Trinajstić information content (AvgIpc) is 2.67. The third-order valence-corrected chi connectivity index (χ3v) is 3.70. The zero-order valence-corrected chi connectivity index (χ0v) is 19.3. The highest BCUT2D eigenvalue weighted by Gasteiger charge is 1.98. The molecule has 0 amide bonds. The highest BCUT2D eigenvalue weighted by Crippen LogP contribution is 2.11. The molecule has 0 aliphatic heterocycles.